The van der Waals surface area contributed by atoms with Crippen LogP contribution in [0.1, 0.15) is 29.6 Å². The molecule has 0 atom stereocenters. The van der Waals surface area contributed by atoms with Crippen molar-refractivity contribution in [1.82, 2.24) is 19.2 Å². The average molecular weight is 422 g/mol. The van der Waals surface area contributed by atoms with Crippen LogP contribution in [0.4, 0.5) is 5.95 Å². The quantitative estimate of drug-likeness (QED) is 0.747. The predicted octanol–water partition coefficient (Wildman–Crippen LogP) is 1.68. The number of hydrogen-bond donors (Lipinski definition) is 0. The maximum absolute atomic E-state index is 13.0. The highest BCUT2D eigenvalue weighted by molar-refractivity contribution is 7.91. The lowest BCUT2D eigenvalue weighted by Crippen LogP contribution is -2.49. The number of carbonyl (C=O) groups is 1. The van der Waals surface area contributed by atoms with Gasteiger partial charge in [-0.15, -0.1) is 11.3 Å². The van der Waals surface area contributed by atoms with Crippen molar-refractivity contribution in [3.8, 4) is 0 Å². The molecule has 2 aliphatic rings. The number of amides is 1. The number of piperazine rings is 1. The molecule has 10 heteroatoms. The van der Waals surface area contributed by atoms with Crippen molar-refractivity contribution in [3.63, 3.8) is 0 Å². The number of carbonyl (C=O) groups excluding carboxylic acids is 1. The van der Waals surface area contributed by atoms with Gasteiger partial charge in [0.15, 0.2) is 0 Å². The molecule has 0 spiro atoms. The largest absolute Gasteiger partial charge is 0.339 e. The van der Waals surface area contributed by atoms with Crippen LogP contribution in [-0.4, -0.2) is 72.8 Å². The van der Waals surface area contributed by atoms with Crippen LogP contribution in [0.5, 0.6) is 0 Å². The molecule has 0 aromatic carbocycles. The fourth-order valence-electron chi connectivity index (χ4n) is 3.55. The predicted molar refractivity (Wildman–Crippen MR) is 107 cm³/mol. The third-order valence-corrected chi connectivity index (χ3v) is 8.45. The summed E-state index contributed by atoms with van der Waals surface area (Å²) in [5, 5.41) is 1.66. The van der Waals surface area contributed by atoms with E-state index in [9.17, 15) is 13.2 Å². The Morgan fingerprint density at radius 2 is 1.64 bits per heavy atom. The lowest BCUT2D eigenvalue weighted by molar-refractivity contribution is 0.0725. The molecular weight excluding hydrogens is 398 g/mol. The summed E-state index contributed by atoms with van der Waals surface area (Å²) in [5.41, 5.74) is 0.474. The van der Waals surface area contributed by atoms with Gasteiger partial charge in [-0.1, -0.05) is 0 Å². The van der Waals surface area contributed by atoms with Gasteiger partial charge in [-0.3, -0.25) is 4.79 Å². The van der Waals surface area contributed by atoms with Crippen molar-refractivity contribution in [2.24, 2.45) is 0 Å². The number of aromatic nitrogens is 2. The number of likely N-dealkylation sites (tertiary alicyclic amines) is 1. The Balaban J connectivity index is 1.43. The van der Waals surface area contributed by atoms with Gasteiger partial charge in [-0.2, -0.15) is 4.31 Å². The second kappa shape index (κ2) is 8.14. The first-order chi connectivity index (χ1) is 13.6. The van der Waals surface area contributed by atoms with Gasteiger partial charge < -0.3 is 9.80 Å². The first-order valence-electron chi connectivity index (χ1n) is 9.45. The number of sulfonamides is 1. The molecule has 2 aliphatic heterocycles. The van der Waals surface area contributed by atoms with Crippen LogP contribution < -0.4 is 4.90 Å². The lowest BCUT2D eigenvalue weighted by Gasteiger charge is -2.33. The van der Waals surface area contributed by atoms with Gasteiger partial charge in [0.25, 0.3) is 15.9 Å². The van der Waals surface area contributed by atoms with E-state index in [-0.39, 0.29) is 10.1 Å². The summed E-state index contributed by atoms with van der Waals surface area (Å²) in [6, 6.07) is 3.29. The van der Waals surface area contributed by atoms with Crippen molar-refractivity contribution in [2.45, 2.75) is 23.5 Å². The monoisotopic (exact) mass is 421 g/mol. The second-order valence-corrected chi connectivity index (χ2v) is 10.0. The number of hydrogen-bond acceptors (Lipinski definition) is 7. The third-order valence-electron chi connectivity index (χ3n) is 5.13. The zero-order chi connectivity index (χ0) is 19.6. The Kier molecular flexibility index (Phi) is 5.61. The molecule has 2 aromatic rings. The molecule has 2 aromatic heterocycles. The summed E-state index contributed by atoms with van der Waals surface area (Å²) in [6.45, 7) is 3.31. The molecule has 0 saturated carbocycles. The minimum absolute atomic E-state index is 0.0663. The van der Waals surface area contributed by atoms with Gasteiger partial charge in [0.2, 0.25) is 5.95 Å². The minimum Gasteiger partial charge on any atom is -0.339 e. The molecular formula is C18H23N5O3S2. The van der Waals surface area contributed by atoms with Crippen LogP contribution in [0.3, 0.4) is 0 Å². The Morgan fingerprint density at radius 1 is 0.964 bits per heavy atom. The summed E-state index contributed by atoms with van der Waals surface area (Å²) >= 11 is 1.12. The Labute approximate surface area is 168 Å². The Morgan fingerprint density at radius 3 is 2.32 bits per heavy atom. The Hall–Kier alpha value is -2.04. The molecule has 0 bridgehead atoms. The molecule has 0 N–H and O–H groups in total. The Bertz CT molecular complexity index is 918. The fraction of sp³-hybridized carbons (Fsp3) is 0.500. The maximum atomic E-state index is 13.0. The second-order valence-electron chi connectivity index (χ2n) is 6.95. The highest BCUT2D eigenvalue weighted by Gasteiger charge is 2.31. The molecule has 1 amide bonds. The highest BCUT2D eigenvalue weighted by atomic mass is 32.2. The van der Waals surface area contributed by atoms with Crippen molar-refractivity contribution >= 4 is 33.2 Å². The van der Waals surface area contributed by atoms with Crippen LogP contribution in [0.2, 0.25) is 0 Å². The normalized spacial score (nSPS) is 19.0. The van der Waals surface area contributed by atoms with Crippen molar-refractivity contribution in [1.29, 1.82) is 0 Å². The van der Waals surface area contributed by atoms with Crippen molar-refractivity contribution in [3.05, 3.63) is 35.5 Å². The fourth-order valence-corrected chi connectivity index (χ4v) is 6.28. The van der Waals surface area contributed by atoms with Gasteiger partial charge in [-0.05, 0) is 31.4 Å². The number of nitrogens with zero attached hydrogens (tertiary/aromatic N) is 5. The van der Waals surface area contributed by atoms with Crippen LogP contribution >= 0.6 is 11.3 Å². The van der Waals surface area contributed by atoms with Crippen LogP contribution in [0.15, 0.2) is 34.1 Å². The zero-order valence-electron chi connectivity index (χ0n) is 15.5. The van der Waals surface area contributed by atoms with Gasteiger partial charge in [0.05, 0.1) is 5.56 Å². The van der Waals surface area contributed by atoms with E-state index in [0.29, 0.717) is 37.7 Å². The van der Waals surface area contributed by atoms with E-state index >= 15 is 0 Å². The summed E-state index contributed by atoms with van der Waals surface area (Å²) < 4.78 is 27.7. The molecule has 4 heterocycles. The first-order valence-corrected chi connectivity index (χ1v) is 11.8. The summed E-state index contributed by atoms with van der Waals surface area (Å²) in [5.74, 6) is 0.550. The van der Waals surface area contributed by atoms with E-state index in [1.54, 1.807) is 23.8 Å². The minimum atomic E-state index is -3.60. The van der Waals surface area contributed by atoms with Crippen LogP contribution in [-0.2, 0) is 10.0 Å². The van der Waals surface area contributed by atoms with E-state index in [1.807, 2.05) is 9.80 Å². The van der Waals surface area contributed by atoms with E-state index in [1.165, 1.54) is 10.4 Å². The molecule has 28 heavy (non-hydrogen) atoms. The van der Waals surface area contributed by atoms with Crippen molar-refractivity contribution < 1.29 is 13.2 Å². The molecule has 0 radical (unpaired) electrons. The summed E-state index contributed by atoms with van der Waals surface area (Å²) in [4.78, 5) is 24.9. The summed E-state index contributed by atoms with van der Waals surface area (Å²) in [6.07, 6.45) is 6.52. The molecule has 0 aliphatic carbocycles. The van der Waals surface area contributed by atoms with Gasteiger partial charge in [-0.25, -0.2) is 18.4 Å². The standard InChI is InChI=1S/C18H23N5O3S2/c24-17(21-7-2-1-3-8-21)15-13-16(27-14-15)28(25,26)23-11-9-22(10-12-23)18-19-5-4-6-20-18/h4-6,13-14H,1-3,7-12H2. The molecule has 4 rings (SSSR count). The number of anilines is 1. The smallest absolute Gasteiger partial charge is 0.254 e. The van der Waals surface area contributed by atoms with E-state index < -0.39 is 10.0 Å². The van der Waals surface area contributed by atoms with Gasteiger partial charge >= 0.3 is 0 Å². The maximum Gasteiger partial charge on any atom is 0.254 e. The average Bonchev–Trinajstić information content (AvgIpc) is 3.26. The highest BCUT2D eigenvalue weighted by Crippen LogP contribution is 2.26. The molecule has 150 valence electrons. The van der Waals surface area contributed by atoms with Crippen molar-refractivity contribution in [2.75, 3.05) is 44.2 Å². The number of thiophene rings is 1. The molecule has 0 unspecified atom stereocenters. The number of piperidine rings is 1. The third kappa shape index (κ3) is 3.89. The molecule has 2 fully saturated rings. The van der Waals surface area contributed by atoms with E-state index in [2.05, 4.69) is 9.97 Å². The van der Waals surface area contributed by atoms with Crippen LogP contribution in [0.25, 0.3) is 0 Å². The lowest BCUT2D eigenvalue weighted by atomic mass is 10.1. The SMILES string of the molecule is O=C(c1csc(S(=O)(=O)N2CCN(c3ncccn3)CC2)c1)N1CCCCC1. The van der Waals surface area contributed by atoms with E-state index in [4.69, 9.17) is 0 Å². The van der Waals surface area contributed by atoms with Gasteiger partial charge in [0, 0.05) is 57.0 Å². The van der Waals surface area contributed by atoms with Gasteiger partial charge in [0.1, 0.15) is 4.21 Å². The molecule has 2 saturated heterocycles. The van der Waals surface area contributed by atoms with E-state index in [0.717, 1.165) is 43.7 Å². The number of rotatable bonds is 4. The molecule has 8 nitrogen and oxygen atoms in total. The topological polar surface area (TPSA) is 86.7 Å². The zero-order valence-corrected chi connectivity index (χ0v) is 17.2. The van der Waals surface area contributed by atoms with Crippen LogP contribution in [0, 0.1) is 0 Å². The summed E-state index contributed by atoms with van der Waals surface area (Å²) in [7, 11) is -3.60. The first kappa shape index (κ1) is 19.3.